The number of para-hydroxylation sites is 2. The normalized spacial score (nSPS) is 11.7. The van der Waals surface area contributed by atoms with Crippen LogP contribution in [-0.2, 0) is 13.1 Å². The third-order valence-corrected chi connectivity index (χ3v) is 7.16. The van der Waals surface area contributed by atoms with E-state index >= 15 is 0 Å². The average molecular weight is 593 g/mol. The molecule has 0 bridgehead atoms. The first-order valence-corrected chi connectivity index (χ1v) is 15.2. The van der Waals surface area contributed by atoms with E-state index in [1.807, 2.05) is 24.3 Å². The Kier molecular flexibility index (Phi) is 11.2. The topological polar surface area (TPSA) is 83.6 Å². The molecular formula is C38H44N2O4. The minimum absolute atomic E-state index is 0.100. The van der Waals surface area contributed by atoms with E-state index < -0.39 is 0 Å². The highest BCUT2D eigenvalue weighted by molar-refractivity contribution is 5.86. The standard InChI is InChI=1S/C38H44N2O4/c1-25(2)23-43-33-17-9-15-31(37(33)41)21-39-19-29-13-7-11-27(5)35(29)36-28(6)12-8-14-30(36)20-40-22-32-16-10-18-34(38(32)42)44-24-26(3)4/h7-18,21-22,25-26,41-42H,19-20,23-24H2,1-6H3. The van der Waals surface area contributed by atoms with Gasteiger partial charge in [-0.05, 0) is 83.3 Å². The molecule has 0 amide bonds. The zero-order valence-corrected chi connectivity index (χ0v) is 26.7. The first-order chi connectivity index (χ1) is 21.2. The van der Waals surface area contributed by atoms with Crippen molar-refractivity contribution in [2.75, 3.05) is 13.2 Å². The molecule has 0 aliphatic carbocycles. The molecule has 44 heavy (non-hydrogen) atoms. The van der Waals surface area contributed by atoms with Crippen LogP contribution in [0.2, 0.25) is 0 Å². The SMILES string of the molecule is Cc1cccc(CN=Cc2cccc(OCC(C)C)c2O)c1-c1c(C)cccc1CN=Cc1cccc(OCC(C)C)c1O. The lowest BCUT2D eigenvalue weighted by Crippen LogP contribution is -2.05. The summed E-state index contributed by atoms with van der Waals surface area (Å²) in [6, 6.07) is 23.5. The molecule has 4 aromatic rings. The molecule has 0 aliphatic heterocycles. The van der Waals surface area contributed by atoms with Crippen LogP contribution in [0.5, 0.6) is 23.0 Å². The molecule has 4 aromatic carbocycles. The fraction of sp³-hybridized carbons (Fsp3) is 0.316. The van der Waals surface area contributed by atoms with Gasteiger partial charge in [-0.15, -0.1) is 0 Å². The number of aromatic hydroxyl groups is 2. The summed E-state index contributed by atoms with van der Waals surface area (Å²) in [5, 5.41) is 21.5. The minimum Gasteiger partial charge on any atom is -0.504 e. The molecule has 230 valence electrons. The lowest BCUT2D eigenvalue weighted by molar-refractivity contribution is 0.259. The van der Waals surface area contributed by atoms with Crippen LogP contribution in [0.3, 0.4) is 0 Å². The highest BCUT2D eigenvalue weighted by atomic mass is 16.5. The van der Waals surface area contributed by atoms with Crippen LogP contribution >= 0.6 is 0 Å². The van der Waals surface area contributed by atoms with Crippen molar-refractivity contribution in [3.05, 3.63) is 106 Å². The van der Waals surface area contributed by atoms with E-state index in [4.69, 9.17) is 19.5 Å². The summed E-state index contributed by atoms with van der Waals surface area (Å²) in [7, 11) is 0. The van der Waals surface area contributed by atoms with Crippen LogP contribution in [0.25, 0.3) is 11.1 Å². The second-order valence-electron chi connectivity index (χ2n) is 12.0. The van der Waals surface area contributed by atoms with E-state index in [9.17, 15) is 10.2 Å². The number of phenols is 2. The van der Waals surface area contributed by atoms with Crippen LogP contribution in [0.1, 0.15) is 61.1 Å². The third kappa shape index (κ3) is 8.28. The minimum atomic E-state index is 0.100. The van der Waals surface area contributed by atoms with Crippen molar-refractivity contribution in [1.82, 2.24) is 0 Å². The molecular weight excluding hydrogens is 548 g/mol. The second-order valence-corrected chi connectivity index (χ2v) is 12.0. The number of hydrogen-bond donors (Lipinski definition) is 2. The summed E-state index contributed by atoms with van der Waals surface area (Å²) in [4.78, 5) is 9.46. The summed E-state index contributed by atoms with van der Waals surface area (Å²) in [5.41, 5.74) is 7.98. The molecule has 0 radical (unpaired) electrons. The number of ether oxygens (including phenoxy) is 2. The molecule has 0 aromatic heterocycles. The predicted octanol–water partition coefficient (Wildman–Crippen LogP) is 8.69. The van der Waals surface area contributed by atoms with Crippen molar-refractivity contribution >= 4 is 12.4 Å². The zero-order chi connectivity index (χ0) is 31.6. The van der Waals surface area contributed by atoms with Crippen molar-refractivity contribution in [2.45, 2.75) is 54.6 Å². The fourth-order valence-electron chi connectivity index (χ4n) is 4.95. The Labute approximate surface area is 261 Å². The molecule has 0 saturated carbocycles. The highest BCUT2D eigenvalue weighted by Gasteiger charge is 2.15. The van der Waals surface area contributed by atoms with E-state index in [-0.39, 0.29) is 11.5 Å². The Morgan fingerprint density at radius 3 is 1.36 bits per heavy atom. The van der Waals surface area contributed by atoms with Crippen LogP contribution in [0.4, 0.5) is 0 Å². The number of phenolic OH excluding ortho intramolecular Hbond substituents is 2. The molecule has 6 heteroatoms. The highest BCUT2D eigenvalue weighted by Crippen LogP contribution is 2.35. The molecule has 4 rings (SSSR count). The molecule has 2 N–H and O–H groups in total. The van der Waals surface area contributed by atoms with Gasteiger partial charge in [0.2, 0.25) is 0 Å². The van der Waals surface area contributed by atoms with Crippen molar-refractivity contribution in [3.63, 3.8) is 0 Å². The van der Waals surface area contributed by atoms with E-state index in [0.717, 1.165) is 33.4 Å². The maximum atomic E-state index is 10.7. The predicted molar refractivity (Wildman–Crippen MR) is 181 cm³/mol. The smallest absolute Gasteiger partial charge is 0.166 e. The number of aliphatic imine (C=N–C) groups is 2. The Morgan fingerprint density at radius 1 is 0.591 bits per heavy atom. The van der Waals surface area contributed by atoms with Gasteiger partial charge in [0.05, 0.1) is 26.3 Å². The molecule has 0 aliphatic rings. The van der Waals surface area contributed by atoms with Crippen LogP contribution in [0, 0.1) is 25.7 Å². The monoisotopic (exact) mass is 592 g/mol. The van der Waals surface area contributed by atoms with Gasteiger partial charge < -0.3 is 19.7 Å². The van der Waals surface area contributed by atoms with Gasteiger partial charge in [-0.1, -0.05) is 76.2 Å². The van der Waals surface area contributed by atoms with Crippen molar-refractivity contribution in [1.29, 1.82) is 0 Å². The van der Waals surface area contributed by atoms with Gasteiger partial charge in [-0.3, -0.25) is 9.98 Å². The van der Waals surface area contributed by atoms with Crippen LogP contribution in [0.15, 0.2) is 82.8 Å². The molecule has 0 fully saturated rings. The summed E-state index contributed by atoms with van der Waals surface area (Å²) in [6.07, 6.45) is 3.41. The zero-order valence-electron chi connectivity index (χ0n) is 26.7. The summed E-state index contributed by atoms with van der Waals surface area (Å²) < 4.78 is 11.5. The lowest BCUT2D eigenvalue weighted by atomic mass is 9.88. The quantitative estimate of drug-likeness (QED) is 0.152. The fourth-order valence-corrected chi connectivity index (χ4v) is 4.95. The van der Waals surface area contributed by atoms with Gasteiger partial charge in [-0.2, -0.15) is 0 Å². The number of rotatable bonds is 13. The largest absolute Gasteiger partial charge is 0.504 e. The summed E-state index contributed by atoms with van der Waals surface area (Å²) in [6.45, 7) is 14.5. The Bertz CT molecular complexity index is 1500. The molecule has 0 spiro atoms. The molecule has 0 unspecified atom stereocenters. The first kappa shape index (κ1) is 32.3. The molecule has 0 saturated heterocycles. The third-order valence-electron chi connectivity index (χ3n) is 7.16. The Balaban J connectivity index is 1.59. The van der Waals surface area contributed by atoms with Gasteiger partial charge in [0.25, 0.3) is 0 Å². The van der Waals surface area contributed by atoms with E-state index in [1.54, 1.807) is 24.6 Å². The van der Waals surface area contributed by atoms with Gasteiger partial charge in [0.15, 0.2) is 23.0 Å². The van der Waals surface area contributed by atoms with Gasteiger partial charge in [-0.25, -0.2) is 0 Å². The number of benzene rings is 4. The van der Waals surface area contributed by atoms with Gasteiger partial charge >= 0.3 is 0 Å². The number of hydrogen-bond acceptors (Lipinski definition) is 6. The van der Waals surface area contributed by atoms with Crippen molar-refractivity contribution in [2.24, 2.45) is 21.8 Å². The van der Waals surface area contributed by atoms with E-state index in [1.165, 1.54) is 0 Å². The van der Waals surface area contributed by atoms with Crippen LogP contribution < -0.4 is 9.47 Å². The maximum absolute atomic E-state index is 10.7. The molecule has 0 heterocycles. The van der Waals surface area contributed by atoms with E-state index in [2.05, 4.69) is 77.9 Å². The number of nitrogens with zero attached hydrogens (tertiary/aromatic N) is 2. The Hall–Kier alpha value is -4.58. The summed E-state index contributed by atoms with van der Waals surface area (Å²) in [5.74, 6) is 1.85. The molecule has 6 nitrogen and oxygen atoms in total. The van der Waals surface area contributed by atoms with Crippen molar-refractivity contribution < 1.29 is 19.7 Å². The summed E-state index contributed by atoms with van der Waals surface area (Å²) >= 11 is 0. The second kappa shape index (κ2) is 15.2. The van der Waals surface area contributed by atoms with Crippen LogP contribution in [-0.4, -0.2) is 35.9 Å². The Morgan fingerprint density at radius 2 is 0.977 bits per heavy atom. The van der Waals surface area contributed by atoms with Crippen molar-refractivity contribution in [3.8, 4) is 34.1 Å². The number of aryl methyl sites for hydroxylation is 2. The lowest BCUT2D eigenvalue weighted by Gasteiger charge is -2.17. The average Bonchev–Trinajstić information content (AvgIpc) is 2.98. The van der Waals surface area contributed by atoms with Gasteiger partial charge in [0.1, 0.15) is 0 Å². The first-order valence-electron chi connectivity index (χ1n) is 15.2. The van der Waals surface area contributed by atoms with E-state index in [0.29, 0.717) is 60.8 Å². The molecule has 0 atom stereocenters. The maximum Gasteiger partial charge on any atom is 0.166 e. The van der Waals surface area contributed by atoms with Gasteiger partial charge in [0, 0.05) is 23.6 Å².